The zero-order chi connectivity index (χ0) is 19.2. The molecule has 3 heterocycles. The van der Waals surface area contributed by atoms with Crippen molar-refractivity contribution in [3.05, 3.63) is 47.3 Å². The van der Waals surface area contributed by atoms with Gasteiger partial charge in [0.1, 0.15) is 18.0 Å². The van der Waals surface area contributed by atoms with Crippen molar-refractivity contribution in [1.82, 2.24) is 0 Å². The highest BCUT2D eigenvalue weighted by atomic mass is 16.6. The van der Waals surface area contributed by atoms with E-state index < -0.39 is 35.7 Å². The van der Waals surface area contributed by atoms with E-state index in [4.69, 9.17) is 14.2 Å². The summed E-state index contributed by atoms with van der Waals surface area (Å²) in [4.78, 5) is 36.9. The summed E-state index contributed by atoms with van der Waals surface area (Å²) in [5.74, 6) is -1.35. The fourth-order valence-corrected chi connectivity index (χ4v) is 3.41. The van der Waals surface area contributed by atoms with Crippen LogP contribution in [0.25, 0.3) is 0 Å². The van der Waals surface area contributed by atoms with Crippen LogP contribution in [0, 0.1) is 5.92 Å². The van der Waals surface area contributed by atoms with Gasteiger partial charge in [-0.3, -0.25) is 4.79 Å². The lowest BCUT2D eigenvalue weighted by Crippen LogP contribution is -2.42. The van der Waals surface area contributed by atoms with Crippen LogP contribution in [0.5, 0.6) is 0 Å². The Kier molecular flexibility index (Phi) is 4.38. The molecule has 3 aliphatic heterocycles. The first-order chi connectivity index (χ1) is 12.2. The molecule has 6 nitrogen and oxygen atoms in total. The maximum atomic E-state index is 12.5. The molecule has 0 aromatic rings. The van der Waals surface area contributed by atoms with Crippen molar-refractivity contribution in [3.8, 4) is 0 Å². The summed E-state index contributed by atoms with van der Waals surface area (Å²) in [5.41, 5.74) is 0.195. The lowest BCUT2D eigenvalue weighted by atomic mass is 9.82. The molecule has 0 aliphatic carbocycles. The average molecular weight is 358 g/mol. The molecule has 0 saturated carbocycles. The quantitative estimate of drug-likeness (QED) is 0.558. The molecule has 138 valence electrons. The molecule has 0 amide bonds. The number of ketones is 1. The summed E-state index contributed by atoms with van der Waals surface area (Å²) in [7, 11) is 0. The van der Waals surface area contributed by atoms with E-state index >= 15 is 0 Å². The third-order valence-electron chi connectivity index (χ3n) is 5.19. The van der Waals surface area contributed by atoms with E-state index in [1.54, 1.807) is 39.8 Å². The third-order valence-corrected chi connectivity index (χ3v) is 5.19. The van der Waals surface area contributed by atoms with Gasteiger partial charge in [-0.15, -0.1) is 0 Å². The molecule has 0 unspecified atom stereocenters. The first kappa shape index (κ1) is 18.2. The fraction of sp³-hybridized carbons (Fsp3) is 0.450. The summed E-state index contributed by atoms with van der Waals surface area (Å²) >= 11 is 0. The molecule has 0 radical (unpaired) electrons. The Balaban J connectivity index is 2.05. The van der Waals surface area contributed by atoms with Crippen molar-refractivity contribution in [2.75, 3.05) is 0 Å². The number of hydrogen-bond donors (Lipinski definition) is 0. The SMILES string of the molecule is C=C1C(=O)O[C@@H]2/C=C(/C)C3=CC(=O)[C@](C)(C[C@@H](OC(=O)/C(C)=C/C)[C@@H]12)O3. The van der Waals surface area contributed by atoms with Gasteiger partial charge < -0.3 is 14.2 Å². The van der Waals surface area contributed by atoms with Crippen LogP contribution in [0.15, 0.2) is 47.3 Å². The third kappa shape index (κ3) is 2.89. The molecular weight excluding hydrogens is 336 g/mol. The molecular formula is C20H22O6. The van der Waals surface area contributed by atoms with Gasteiger partial charge in [-0.2, -0.15) is 0 Å². The Hall–Kier alpha value is -2.63. The predicted molar refractivity (Wildman–Crippen MR) is 92.8 cm³/mol. The minimum atomic E-state index is -1.17. The van der Waals surface area contributed by atoms with E-state index in [0.717, 1.165) is 0 Å². The number of hydrogen-bond acceptors (Lipinski definition) is 6. The van der Waals surface area contributed by atoms with E-state index in [0.29, 0.717) is 16.9 Å². The van der Waals surface area contributed by atoms with Crippen LogP contribution < -0.4 is 0 Å². The number of carbonyl (C=O) groups excluding carboxylic acids is 3. The Morgan fingerprint density at radius 1 is 1.42 bits per heavy atom. The highest BCUT2D eigenvalue weighted by molar-refractivity contribution is 6.00. The second kappa shape index (κ2) is 6.27. The van der Waals surface area contributed by atoms with Crippen LogP contribution in [0.2, 0.25) is 0 Å². The Labute approximate surface area is 152 Å². The topological polar surface area (TPSA) is 78.9 Å². The molecule has 3 aliphatic rings. The molecule has 26 heavy (non-hydrogen) atoms. The smallest absolute Gasteiger partial charge is 0.334 e. The van der Waals surface area contributed by atoms with Crippen LogP contribution in [-0.4, -0.2) is 35.5 Å². The van der Waals surface area contributed by atoms with Crippen molar-refractivity contribution >= 4 is 17.7 Å². The van der Waals surface area contributed by atoms with Crippen LogP contribution in [-0.2, 0) is 28.6 Å². The molecule has 1 fully saturated rings. The van der Waals surface area contributed by atoms with Crippen LogP contribution in [0.1, 0.15) is 34.1 Å². The highest BCUT2D eigenvalue weighted by Gasteiger charge is 2.51. The number of fused-ring (bicyclic) bond motifs is 3. The molecule has 0 aromatic carbocycles. The van der Waals surface area contributed by atoms with E-state index in [9.17, 15) is 14.4 Å². The van der Waals surface area contributed by atoms with Crippen molar-refractivity contribution in [2.45, 2.75) is 51.9 Å². The number of carbonyl (C=O) groups is 3. The average Bonchev–Trinajstić information content (AvgIpc) is 3.03. The van der Waals surface area contributed by atoms with Gasteiger partial charge in [0, 0.05) is 23.6 Å². The van der Waals surface area contributed by atoms with Crippen LogP contribution >= 0.6 is 0 Å². The minimum absolute atomic E-state index is 0.104. The number of esters is 2. The molecule has 3 rings (SSSR count). The molecule has 1 saturated heterocycles. The van der Waals surface area contributed by atoms with Gasteiger partial charge in [0.15, 0.2) is 5.60 Å². The van der Waals surface area contributed by atoms with E-state index in [1.165, 1.54) is 6.08 Å². The number of allylic oxidation sites excluding steroid dienone is 2. The first-order valence-electron chi connectivity index (χ1n) is 8.54. The van der Waals surface area contributed by atoms with Gasteiger partial charge in [-0.05, 0) is 39.3 Å². The molecule has 2 bridgehead atoms. The molecule has 0 N–H and O–H groups in total. The highest BCUT2D eigenvalue weighted by Crippen LogP contribution is 2.42. The predicted octanol–water partition coefficient (Wildman–Crippen LogP) is 2.55. The second-order valence-corrected chi connectivity index (χ2v) is 7.10. The van der Waals surface area contributed by atoms with Crippen LogP contribution in [0.3, 0.4) is 0 Å². The Bertz CT molecular complexity index is 799. The molecule has 0 aromatic heterocycles. The second-order valence-electron chi connectivity index (χ2n) is 7.10. The summed E-state index contributed by atoms with van der Waals surface area (Å²) in [6.07, 6.45) is 3.50. The summed E-state index contributed by atoms with van der Waals surface area (Å²) < 4.78 is 17.0. The molecule has 0 spiro atoms. The fourth-order valence-electron chi connectivity index (χ4n) is 3.41. The van der Waals surface area contributed by atoms with Crippen LogP contribution in [0.4, 0.5) is 0 Å². The van der Waals surface area contributed by atoms with Gasteiger partial charge in [0.25, 0.3) is 0 Å². The Morgan fingerprint density at radius 3 is 2.77 bits per heavy atom. The first-order valence-corrected chi connectivity index (χ1v) is 8.54. The monoisotopic (exact) mass is 358 g/mol. The normalized spacial score (nSPS) is 35.9. The lowest BCUT2D eigenvalue weighted by molar-refractivity contribution is -0.153. The van der Waals surface area contributed by atoms with Crippen molar-refractivity contribution in [1.29, 1.82) is 0 Å². The molecule has 6 heteroatoms. The lowest BCUT2D eigenvalue weighted by Gasteiger charge is -2.31. The standard InChI is InChI=1S/C20H22O6/c1-6-10(2)18(22)25-15-9-20(5)16(21)8-13(26-20)11(3)7-14-17(15)12(4)19(23)24-14/h6-8,14-15,17H,4,9H2,1-3,5H3/b10-6+,11-7-/t14-,15-,17+,20+/m1/s1. The zero-order valence-electron chi connectivity index (χ0n) is 15.3. The van der Waals surface area contributed by atoms with E-state index in [2.05, 4.69) is 6.58 Å². The van der Waals surface area contributed by atoms with Gasteiger partial charge in [0.2, 0.25) is 5.78 Å². The number of rotatable bonds is 2. The van der Waals surface area contributed by atoms with Crippen molar-refractivity contribution in [2.24, 2.45) is 5.92 Å². The molecule has 4 atom stereocenters. The van der Waals surface area contributed by atoms with Crippen molar-refractivity contribution in [3.63, 3.8) is 0 Å². The van der Waals surface area contributed by atoms with E-state index in [1.807, 2.05) is 0 Å². The Morgan fingerprint density at radius 2 is 2.12 bits per heavy atom. The van der Waals surface area contributed by atoms with E-state index in [-0.39, 0.29) is 17.8 Å². The maximum absolute atomic E-state index is 12.5. The number of ether oxygens (including phenoxy) is 3. The summed E-state index contributed by atoms with van der Waals surface area (Å²) in [6, 6.07) is 0. The largest absolute Gasteiger partial charge is 0.479 e. The van der Waals surface area contributed by atoms with Gasteiger partial charge in [-0.25, -0.2) is 9.59 Å². The van der Waals surface area contributed by atoms with Gasteiger partial charge in [0.05, 0.1) is 5.92 Å². The van der Waals surface area contributed by atoms with Gasteiger partial charge >= 0.3 is 11.9 Å². The van der Waals surface area contributed by atoms with Gasteiger partial charge in [-0.1, -0.05) is 12.7 Å². The maximum Gasteiger partial charge on any atom is 0.334 e. The minimum Gasteiger partial charge on any atom is -0.479 e. The van der Waals surface area contributed by atoms with Crippen molar-refractivity contribution < 1.29 is 28.6 Å². The zero-order valence-corrected chi connectivity index (χ0v) is 15.3. The summed E-state index contributed by atoms with van der Waals surface area (Å²) in [5, 5.41) is 0. The summed E-state index contributed by atoms with van der Waals surface area (Å²) in [6.45, 7) is 10.6.